The van der Waals surface area contributed by atoms with E-state index in [1.807, 2.05) is 36.4 Å². The summed E-state index contributed by atoms with van der Waals surface area (Å²) in [7, 11) is 0. The first-order chi connectivity index (χ1) is 16.1. The number of urea groups is 1. The van der Waals surface area contributed by atoms with Crippen molar-refractivity contribution in [2.45, 2.75) is 63.1 Å². The standard InChI is InChI=1S/C26H27ClN4O2/c27-20-10-4-8-18-19-9-5-11-21(23(19)29-22(18)20)28-15-16-6-3-7-17(14-16)31-24(32)26(30-25(31)33)12-1-2-13-26/h3-4,6-8,10,14,21,28-29H,1-2,5,9,11-13,15H2,(H,30,33). The van der Waals surface area contributed by atoms with Crippen LogP contribution in [0, 0.1) is 0 Å². The maximum absolute atomic E-state index is 13.1. The number of hydrogen-bond acceptors (Lipinski definition) is 3. The third-order valence-corrected chi connectivity index (χ3v) is 7.85. The van der Waals surface area contributed by atoms with Crippen molar-refractivity contribution in [1.29, 1.82) is 0 Å². The average molecular weight is 463 g/mol. The van der Waals surface area contributed by atoms with Crippen molar-refractivity contribution < 1.29 is 9.59 Å². The Bertz CT molecular complexity index is 1260. The molecule has 1 unspecified atom stereocenters. The van der Waals surface area contributed by atoms with Gasteiger partial charge < -0.3 is 15.6 Å². The first kappa shape index (κ1) is 20.8. The molecule has 2 heterocycles. The Morgan fingerprint density at radius 3 is 2.76 bits per heavy atom. The zero-order chi connectivity index (χ0) is 22.6. The van der Waals surface area contributed by atoms with Crippen LogP contribution < -0.4 is 15.5 Å². The van der Waals surface area contributed by atoms with Gasteiger partial charge in [-0.2, -0.15) is 0 Å². The molecule has 3 aliphatic rings. The molecule has 6 rings (SSSR count). The number of carbonyl (C=O) groups is 2. The Kier molecular flexibility index (Phi) is 4.96. The molecule has 1 atom stereocenters. The Hall–Kier alpha value is -2.83. The Labute approximate surface area is 197 Å². The van der Waals surface area contributed by atoms with Crippen LogP contribution in [-0.4, -0.2) is 22.5 Å². The molecular formula is C26H27ClN4O2. The molecule has 3 N–H and O–H groups in total. The molecular weight excluding hydrogens is 436 g/mol. The zero-order valence-corrected chi connectivity index (χ0v) is 19.2. The van der Waals surface area contributed by atoms with E-state index in [0.29, 0.717) is 12.2 Å². The van der Waals surface area contributed by atoms with E-state index in [9.17, 15) is 9.59 Å². The molecule has 6 nitrogen and oxygen atoms in total. The molecule has 1 saturated carbocycles. The molecule has 170 valence electrons. The number of rotatable bonds is 4. The van der Waals surface area contributed by atoms with E-state index in [1.54, 1.807) is 0 Å². The van der Waals surface area contributed by atoms with Crippen LogP contribution in [0.5, 0.6) is 0 Å². The molecule has 1 saturated heterocycles. The molecule has 1 aliphatic heterocycles. The Balaban J connectivity index is 1.22. The number of benzene rings is 2. The van der Waals surface area contributed by atoms with Gasteiger partial charge in [0, 0.05) is 23.7 Å². The number of aryl methyl sites for hydroxylation is 1. The lowest BCUT2D eigenvalue weighted by Crippen LogP contribution is -2.44. The van der Waals surface area contributed by atoms with Gasteiger partial charge in [0.2, 0.25) is 0 Å². The monoisotopic (exact) mass is 462 g/mol. The quantitative estimate of drug-likeness (QED) is 0.457. The first-order valence-corrected chi connectivity index (χ1v) is 12.2. The van der Waals surface area contributed by atoms with E-state index in [4.69, 9.17) is 11.6 Å². The van der Waals surface area contributed by atoms with Gasteiger partial charge in [0.05, 0.1) is 16.2 Å². The summed E-state index contributed by atoms with van der Waals surface area (Å²) in [5.74, 6) is -0.109. The molecule has 0 radical (unpaired) electrons. The van der Waals surface area contributed by atoms with E-state index in [1.165, 1.54) is 21.5 Å². The second-order valence-corrected chi connectivity index (χ2v) is 9.94. The molecule has 7 heteroatoms. The first-order valence-electron chi connectivity index (χ1n) is 11.8. The number of halogens is 1. The van der Waals surface area contributed by atoms with Crippen LogP contribution in [0.1, 0.15) is 61.4 Å². The third-order valence-electron chi connectivity index (χ3n) is 7.53. The maximum Gasteiger partial charge on any atom is 0.329 e. The Morgan fingerprint density at radius 1 is 1.09 bits per heavy atom. The van der Waals surface area contributed by atoms with Crippen LogP contribution in [0.4, 0.5) is 10.5 Å². The van der Waals surface area contributed by atoms with Gasteiger partial charge in [0.25, 0.3) is 5.91 Å². The predicted molar refractivity (Wildman–Crippen MR) is 129 cm³/mol. The molecule has 2 aromatic carbocycles. The van der Waals surface area contributed by atoms with Gasteiger partial charge >= 0.3 is 6.03 Å². The number of anilines is 1. The topological polar surface area (TPSA) is 77.2 Å². The number of amides is 3. The van der Waals surface area contributed by atoms with Crippen molar-refractivity contribution in [1.82, 2.24) is 15.6 Å². The summed E-state index contributed by atoms with van der Waals surface area (Å²) in [6.07, 6.45) is 6.64. The number of para-hydroxylation sites is 1. The minimum absolute atomic E-state index is 0.109. The van der Waals surface area contributed by atoms with Gasteiger partial charge in [-0.15, -0.1) is 0 Å². The second kappa shape index (κ2) is 7.89. The predicted octanol–water partition coefficient (Wildman–Crippen LogP) is 5.36. The van der Waals surface area contributed by atoms with Gasteiger partial charge in [-0.1, -0.05) is 48.7 Å². The highest BCUT2D eigenvalue weighted by molar-refractivity contribution is 6.35. The molecule has 1 spiro atoms. The molecule has 33 heavy (non-hydrogen) atoms. The fraction of sp³-hybridized carbons (Fsp3) is 0.385. The molecule has 2 aliphatic carbocycles. The molecule has 1 aromatic heterocycles. The fourth-order valence-corrected chi connectivity index (χ4v) is 6.10. The lowest BCUT2D eigenvalue weighted by atomic mass is 9.91. The van der Waals surface area contributed by atoms with Crippen molar-refractivity contribution in [2.24, 2.45) is 0 Å². The summed E-state index contributed by atoms with van der Waals surface area (Å²) < 4.78 is 0. The lowest BCUT2D eigenvalue weighted by Gasteiger charge is -2.24. The van der Waals surface area contributed by atoms with Gasteiger partial charge in [-0.05, 0) is 61.4 Å². The summed E-state index contributed by atoms with van der Waals surface area (Å²) in [6.45, 7) is 0.649. The summed E-state index contributed by atoms with van der Waals surface area (Å²) in [6, 6.07) is 13.7. The Morgan fingerprint density at radius 2 is 1.91 bits per heavy atom. The summed E-state index contributed by atoms with van der Waals surface area (Å²) in [5, 5.41) is 8.62. The van der Waals surface area contributed by atoms with Crippen LogP contribution in [0.2, 0.25) is 5.02 Å². The van der Waals surface area contributed by atoms with Gasteiger partial charge in [-0.3, -0.25) is 4.79 Å². The summed E-state index contributed by atoms with van der Waals surface area (Å²) in [4.78, 5) is 30.7. The van der Waals surface area contributed by atoms with Crippen LogP contribution >= 0.6 is 11.6 Å². The number of nitrogens with zero attached hydrogens (tertiary/aromatic N) is 1. The number of aromatic nitrogens is 1. The zero-order valence-electron chi connectivity index (χ0n) is 18.4. The minimum Gasteiger partial charge on any atom is -0.356 e. The van der Waals surface area contributed by atoms with Crippen molar-refractivity contribution in [3.63, 3.8) is 0 Å². The number of fused-ring (bicyclic) bond motifs is 3. The number of H-pyrrole nitrogens is 1. The number of hydrogen-bond donors (Lipinski definition) is 3. The van der Waals surface area contributed by atoms with Crippen LogP contribution in [0.15, 0.2) is 42.5 Å². The number of carbonyl (C=O) groups excluding carboxylic acids is 2. The van der Waals surface area contributed by atoms with Crippen LogP contribution in [0.25, 0.3) is 10.9 Å². The van der Waals surface area contributed by atoms with Crippen LogP contribution in [0.3, 0.4) is 0 Å². The smallest absolute Gasteiger partial charge is 0.329 e. The van der Waals surface area contributed by atoms with E-state index in [-0.39, 0.29) is 18.0 Å². The van der Waals surface area contributed by atoms with E-state index >= 15 is 0 Å². The van der Waals surface area contributed by atoms with Crippen molar-refractivity contribution in [3.8, 4) is 0 Å². The van der Waals surface area contributed by atoms with Crippen molar-refractivity contribution in [2.75, 3.05) is 4.90 Å². The third kappa shape index (κ3) is 3.35. The molecule has 3 amide bonds. The number of nitrogens with one attached hydrogen (secondary N) is 3. The summed E-state index contributed by atoms with van der Waals surface area (Å²) >= 11 is 6.43. The van der Waals surface area contributed by atoms with Crippen molar-refractivity contribution in [3.05, 3.63) is 64.3 Å². The molecule has 3 aromatic rings. The normalized spacial score (nSPS) is 21.7. The van der Waals surface area contributed by atoms with E-state index in [0.717, 1.165) is 61.0 Å². The van der Waals surface area contributed by atoms with Gasteiger partial charge in [0.15, 0.2) is 0 Å². The summed E-state index contributed by atoms with van der Waals surface area (Å²) in [5.41, 5.74) is 4.58. The highest BCUT2D eigenvalue weighted by atomic mass is 35.5. The van der Waals surface area contributed by atoms with Gasteiger partial charge in [0.1, 0.15) is 5.54 Å². The highest BCUT2D eigenvalue weighted by Gasteiger charge is 2.52. The van der Waals surface area contributed by atoms with Crippen molar-refractivity contribution >= 4 is 40.1 Å². The minimum atomic E-state index is -0.694. The average Bonchev–Trinajstić information content (AvgIpc) is 3.50. The SMILES string of the molecule is O=C1NC2(CCCC2)C(=O)N1c1cccc(CNC2CCCc3c2[nH]c2c(Cl)cccc32)c1. The largest absolute Gasteiger partial charge is 0.356 e. The second-order valence-electron chi connectivity index (χ2n) is 9.54. The van der Waals surface area contributed by atoms with E-state index in [2.05, 4.69) is 21.7 Å². The van der Waals surface area contributed by atoms with Crippen LogP contribution in [-0.2, 0) is 17.8 Å². The highest BCUT2D eigenvalue weighted by Crippen LogP contribution is 2.38. The van der Waals surface area contributed by atoms with Gasteiger partial charge in [-0.25, -0.2) is 9.69 Å². The lowest BCUT2D eigenvalue weighted by molar-refractivity contribution is -0.121. The number of aromatic amines is 1. The van der Waals surface area contributed by atoms with E-state index < -0.39 is 5.54 Å². The molecule has 0 bridgehead atoms. The number of imide groups is 1. The fourth-order valence-electron chi connectivity index (χ4n) is 5.87. The maximum atomic E-state index is 13.1. The molecule has 2 fully saturated rings.